The van der Waals surface area contributed by atoms with Crippen molar-refractivity contribution in [2.75, 3.05) is 39.3 Å². The van der Waals surface area contributed by atoms with E-state index in [9.17, 15) is 5.11 Å². The minimum absolute atomic E-state index is 0.317. The van der Waals surface area contributed by atoms with Crippen molar-refractivity contribution in [1.29, 1.82) is 0 Å². The molecular formula is C16H25N3O. The third kappa shape index (κ3) is 3.37. The molecule has 3 rings (SSSR count). The SMILES string of the molecule is OC[C@@H]1CN(Cc2ccccn2)C[C@@H]1CN1CCCC1. The summed E-state index contributed by atoms with van der Waals surface area (Å²) >= 11 is 0. The van der Waals surface area contributed by atoms with Crippen molar-refractivity contribution in [2.24, 2.45) is 11.8 Å². The smallest absolute Gasteiger partial charge is 0.0543 e. The maximum Gasteiger partial charge on any atom is 0.0543 e. The van der Waals surface area contributed by atoms with Crippen LogP contribution in [0.4, 0.5) is 0 Å². The van der Waals surface area contributed by atoms with Gasteiger partial charge in [-0.15, -0.1) is 0 Å². The van der Waals surface area contributed by atoms with E-state index in [0.29, 0.717) is 18.4 Å². The second-order valence-corrected chi connectivity index (χ2v) is 6.23. The molecular weight excluding hydrogens is 250 g/mol. The average molecular weight is 275 g/mol. The van der Waals surface area contributed by atoms with Gasteiger partial charge < -0.3 is 10.0 Å². The van der Waals surface area contributed by atoms with E-state index in [2.05, 4.69) is 20.9 Å². The molecule has 0 aliphatic carbocycles. The van der Waals surface area contributed by atoms with Gasteiger partial charge in [0.25, 0.3) is 0 Å². The van der Waals surface area contributed by atoms with Crippen LogP contribution in [-0.2, 0) is 6.54 Å². The Morgan fingerprint density at radius 2 is 1.90 bits per heavy atom. The molecule has 0 saturated carbocycles. The highest BCUT2D eigenvalue weighted by molar-refractivity contribution is 5.04. The van der Waals surface area contributed by atoms with Crippen LogP contribution in [0.5, 0.6) is 0 Å². The number of hydrogen-bond donors (Lipinski definition) is 1. The standard InChI is InChI=1S/C16H25N3O/c20-13-15-11-19(12-16-5-1-2-6-17-16)10-14(15)9-18-7-3-4-8-18/h1-2,5-6,14-15,20H,3-4,7-13H2/t14-,15-/m0/s1. The number of pyridine rings is 1. The first-order chi connectivity index (χ1) is 9.85. The summed E-state index contributed by atoms with van der Waals surface area (Å²) in [6, 6.07) is 6.09. The van der Waals surface area contributed by atoms with E-state index in [4.69, 9.17) is 0 Å². The van der Waals surface area contributed by atoms with E-state index in [1.165, 1.54) is 25.9 Å². The molecule has 0 radical (unpaired) electrons. The fraction of sp³-hybridized carbons (Fsp3) is 0.688. The molecule has 2 atom stereocenters. The molecule has 4 heteroatoms. The van der Waals surface area contributed by atoms with E-state index < -0.39 is 0 Å². The van der Waals surface area contributed by atoms with Crippen LogP contribution in [0.15, 0.2) is 24.4 Å². The summed E-state index contributed by atoms with van der Waals surface area (Å²) in [7, 11) is 0. The van der Waals surface area contributed by atoms with Gasteiger partial charge in [0.1, 0.15) is 0 Å². The molecule has 1 aromatic heterocycles. The molecule has 2 aliphatic heterocycles. The minimum Gasteiger partial charge on any atom is -0.396 e. The van der Waals surface area contributed by atoms with Crippen LogP contribution >= 0.6 is 0 Å². The average Bonchev–Trinajstić information content (AvgIpc) is 3.10. The first kappa shape index (κ1) is 14.0. The molecule has 0 aromatic carbocycles. The lowest BCUT2D eigenvalue weighted by molar-refractivity contribution is 0.175. The number of aliphatic hydroxyl groups is 1. The quantitative estimate of drug-likeness (QED) is 0.877. The molecule has 0 bridgehead atoms. The van der Waals surface area contributed by atoms with Gasteiger partial charge in [0.2, 0.25) is 0 Å². The van der Waals surface area contributed by atoms with Crippen molar-refractivity contribution < 1.29 is 5.11 Å². The van der Waals surface area contributed by atoms with Gasteiger partial charge >= 0.3 is 0 Å². The molecule has 2 aliphatic rings. The van der Waals surface area contributed by atoms with Gasteiger partial charge in [-0.05, 0) is 49.9 Å². The summed E-state index contributed by atoms with van der Waals surface area (Å²) in [5.41, 5.74) is 1.13. The fourth-order valence-corrected chi connectivity index (χ4v) is 3.60. The van der Waals surface area contributed by atoms with Gasteiger partial charge in [-0.25, -0.2) is 0 Å². The normalized spacial score (nSPS) is 28.2. The van der Waals surface area contributed by atoms with E-state index in [1.54, 1.807) is 0 Å². The number of likely N-dealkylation sites (tertiary alicyclic amines) is 2. The molecule has 0 spiro atoms. The van der Waals surface area contributed by atoms with Crippen LogP contribution in [0.1, 0.15) is 18.5 Å². The number of rotatable bonds is 5. The first-order valence-corrected chi connectivity index (χ1v) is 7.80. The number of aromatic nitrogens is 1. The van der Waals surface area contributed by atoms with Crippen LogP contribution in [-0.4, -0.2) is 59.2 Å². The second kappa shape index (κ2) is 6.66. The van der Waals surface area contributed by atoms with E-state index >= 15 is 0 Å². The van der Waals surface area contributed by atoms with Crippen molar-refractivity contribution in [1.82, 2.24) is 14.8 Å². The van der Waals surface area contributed by atoms with Gasteiger partial charge in [-0.1, -0.05) is 6.07 Å². The highest BCUT2D eigenvalue weighted by atomic mass is 16.3. The van der Waals surface area contributed by atoms with Gasteiger partial charge in [0.15, 0.2) is 0 Å². The zero-order valence-corrected chi connectivity index (χ0v) is 12.1. The molecule has 2 fully saturated rings. The Morgan fingerprint density at radius 1 is 1.10 bits per heavy atom. The van der Waals surface area contributed by atoms with Crippen LogP contribution in [0, 0.1) is 11.8 Å². The summed E-state index contributed by atoms with van der Waals surface area (Å²) in [6.07, 6.45) is 4.54. The van der Waals surface area contributed by atoms with Crippen LogP contribution in [0.3, 0.4) is 0 Å². The van der Waals surface area contributed by atoms with Gasteiger partial charge in [0, 0.05) is 39.0 Å². The summed E-state index contributed by atoms with van der Waals surface area (Å²) in [5.74, 6) is 1.04. The third-order valence-electron chi connectivity index (χ3n) is 4.69. The van der Waals surface area contributed by atoms with Gasteiger partial charge in [0.05, 0.1) is 5.69 Å². The molecule has 2 saturated heterocycles. The Labute approximate surface area is 121 Å². The topological polar surface area (TPSA) is 39.6 Å². The minimum atomic E-state index is 0.317. The number of hydrogen-bond acceptors (Lipinski definition) is 4. The Bertz CT molecular complexity index is 405. The Balaban J connectivity index is 1.56. The van der Waals surface area contributed by atoms with Crippen molar-refractivity contribution in [3.05, 3.63) is 30.1 Å². The molecule has 1 N–H and O–H groups in total. The van der Waals surface area contributed by atoms with Crippen molar-refractivity contribution in [3.8, 4) is 0 Å². The predicted octanol–water partition coefficient (Wildman–Crippen LogP) is 1.22. The monoisotopic (exact) mass is 275 g/mol. The molecule has 3 heterocycles. The van der Waals surface area contributed by atoms with Crippen LogP contribution < -0.4 is 0 Å². The maximum absolute atomic E-state index is 9.63. The Hall–Kier alpha value is -0.970. The maximum atomic E-state index is 9.63. The summed E-state index contributed by atoms with van der Waals surface area (Å²) < 4.78 is 0. The lowest BCUT2D eigenvalue weighted by atomic mass is 9.96. The molecule has 0 amide bonds. The summed E-state index contributed by atoms with van der Waals surface area (Å²) in [5, 5.41) is 9.63. The molecule has 0 unspecified atom stereocenters. The Morgan fingerprint density at radius 3 is 2.60 bits per heavy atom. The summed E-state index contributed by atoms with van der Waals surface area (Å²) in [4.78, 5) is 9.42. The lowest BCUT2D eigenvalue weighted by Crippen LogP contribution is -2.31. The number of aliphatic hydroxyl groups excluding tert-OH is 1. The molecule has 20 heavy (non-hydrogen) atoms. The highest BCUT2D eigenvalue weighted by Gasteiger charge is 2.33. The van der Waals surface area contributed by atoms with Crippen LogP contribution in [0.25, 0.3) is 0 Å². The zero-order valence-electron chi connectivity index (χ0n) is 12.1. The van der Waals surface area contributed by atoms with Crippen molar-refractivity contribution in [2.45, 2.75) is 19.4 Å². The van der Waals surface area contributed by atoms with Gasteiger partial charge in [-0.3, -0.25) is 9.88 Å². The van der Waals surface area contributed by atoms with E-state index in [-0.39, 0.29) is 0 Å². The van der Waals surface area contributed by atoms with Crippen molar-refractivity contribution in [3.63, 3.8) is 0 Å². The largest absolute Gasteiger partial charge is 0.396 e. The lowest BCUT2D eigenvalue weighted by Gasteiger charge is -2.23. The fourth-order valence-electron chi connectivity index (χ4n) is 3.60. The predicted molar refractivity (Wildman–Crippen MR) is 79.3 cm³/mol. The van der Waals surface area contributed by atoms with E-state index in [0.717, 1.165) is 31.9 Å². The van der Waals surface area contributed by atoms with Gasteiger partial charge in [-0.2, -0.15) is 0 Å². The molecule has 110 valence electrons. The number of nitrogens with zero attached hydrogens (tertiary/aromatic N) is 3. The molecule has 4 nitrogen and oxygen atoms in total. The van der Waals surface area contributed by atoms with E-state index in [1.807, 2.05) is 18.3 Å². The van der Waals surface area contributed by atoms with Crippen LogP contribution in [0.2, 0.25) is 0 Å². The Kier molecular flexibility index (Phi) is 4.65. The zero-order chi connectivity index (χ0) is 13.8. The third-order valence-corrected chi connectivity index (χ3v) is 4.69. The second-order valence-electron chi connectivity index (χ2n) is 6.23. The van der Waals surface area contributed by atoms with Crippen molar-refractivity contribution >= 4 is 0 Å². The highest BCUT2D eigenvalue weighted by Crippen LogP contribution is 2.26. The molecule has 1 aromatic rings. The first-order valence-electron chi connectivity index (χ1n) is 7.80. The summed E-state index contributed by atoms with van der Waals surface area (Å²) in [6.45, 7) is 6.97.